The van der Waals surface area contributed by atoms with Gasteiger partial charge in [0.05, 0.1) is 6.04 Å². The molecule has 0 aliphatic carbocycles. The van der Waals surface area contributed by atoms with E-state index in [9.17, 15) is 14.4 Å². The van der Waals surface area contributed by atoms with Crippen molar-refractivity contribution in [2.75, 3.05) is 6.54 Å². The van der Waals surface area contributed by atoms with Crippen LogP contribution < -0.4 is 16.0 Å². The highest BCUT2D eigenvalue weighted by Crippen LogP contribution is 2.08. The number of imide groups is 1. The largest absolute Gasteiger partial charge is 0.344 e. The Morgan fingerprint density at radius 1 is 1.19 bits per heavy atom. The van der Waals surface area contributed by atoms with E-state index in [1.165, 1.54) is 0 Å². The fraction of sp³-hybridized carbons (Fsp3) is 0.700. The van der Waals surface area contributed by atoms with Gasteiger partial charge in [-0.3, -0.25) is 19.7 Å². The molecule has 0 aromatic heterocycles. The van der Waals surface area contributed by atoms with E-state index in [1.807, 2.05) is 0 Å². The molecule has 0 aromatic rings. The van der Waals surface area contributed by atoms with Gasteiger partial charge >= 0.3 is 0 Å². The standard InChI is InChI=1S/C10H15N3O3/c14-8-4-3-7(12-8)10(16)13-9(15)6-2-1-5-11-6/h6-7,11H,1-5H2,(H,12,14)(H,13,15,16). The molecule has 2 fully saturated rings. The molecule has 2 aliphatic heterocycles. The Morgan fingerprint density at radius 2 is 1.94 bits per heavy atom. The zero-order valence-electron chi connectivity index (χ0n) is 8.91. The number of carbonyl (C=O) groups is 3. The SMILES string of the molecule is O=C1CCC(C(=O)NC(=O)C2CCCN2)N1. The van der Waals surface area contributed by atoms with Crippen molar-refractivity contribution in [3.8, 4) is 0 Å². The molecule has 2 unspecified atom stereocenters. The van der Waals surface area contributed by atoms with Crippen LogP contribution in [-0.2, 0) is 14.4 Å². The van der Waals surface area contributed by atoms with Gasteiger partial charge in [-0.05, 0) is 25.8 Å². The Kier molecular flexibility index (Phi) is 3.19. The summed E-state index contributed by atoms with van der Waals surface area (Å²) < 4.78 is 0. The van der Waals surface area contributed by atoms with Crippen molar-refractivity contribution < 1.29 is 14.4 Å². The second-order valence-corrected chi connectivity index (χ2v) is 4.16. The predicted molar refractivity (Wildman–Crippen MR) is 55.3 cm³/mol. The van der Waals surface area contributed by atoms with E-state index in [0.717, 1.165) is 19.4 Å². The molecule has 0 saturated carbocycles. The van der Waals surface area contributed by atoms with Crippen LogP contribution in [0.4, 0.5) is 0 Å². The molecule has 2 heterocycles. The van der Waals surface area contributed by atoms with Crippen molar-refractivity contribution in [1.82, 2.24) is 16.0 Å². The Bertz CT molecular complexity index is 323. The lowest BCUT2D eigenvalue weighted by atomic mass is 10.2. The molecule has 6 nitrogen and oxygen atoms in total. The number of carbonyl (C=O) groups excluding carboxylic acids is 3. The fourth-order valence-electron chi connectivity index (χ4n) is 2.01. The summed E-state index contributed by atoms with van der Waals surface area (Å²) in [5, 5.41) is 7.86. The molecular weight excluding hydrogens is 210 g/mol. The van der Waals surface area contributed by atoms with E-state index in [1.54, 1.807) is 0 Å². The second kappa shape index (κ2) is 4.61. The average molecular weight is 225 g/mol. The summed E-state index contributed by atoms with van der Waals surface area (Å²) in [7, 11) is 0. The number of hydrogen-bond acceptors (Lipinski definition) is 4. The van der Waals surface area contributed by atoms with E-state index in [2.05, 4.69) is 16.0 Å². The highest BCUT2D eigenvalue weighted by atomic mass is 16.2. The lowest BCUT2D eigenvalue weighted by Crippen LogP contribution is -2.49. The third-order valence-electron chi connectivity index (χ3n) is 2.93. The maximum absolute atomic E-state index is 11.6. The summed E-state index contributed by atoms with van der Waals surface area (Å²) in [6.45, 7) is 0.812. The summed E-state index contributed by atoms with van der Waals surface area (Å²) in [6.07, 6.45) is 2.53. The molecule has 3 amide bonds. The summed E-state index contributed by atoms with van der Waals surface area (Å²) in [5.41, 5.74) is 0. The van der Waals surface area contributed by atoms with Crippen LogP contribution >= 0.6 is 0 Å². The van der Waals surface area contributed by atoms with E-state index in [0.29, 0.717) is 12.8 Å². The van der Waals surface area contributed by atoms with E-state index in [4.69, 9.17) is 0 Å². The van der Waals surface area contributed by atoms with Crippen LogP contribution in [0.25, 0.3) is 0 Å². The van der Waals surface area contributed by atoms with Crippen molar-refractivity contribution in [2.24, 2.45) is 0 Å². The Hall–Kier alpha value is -1.43. The first-order valence-corrected chi connectivity index (χ1v) is 5.54. The molecule has 6 heteroatoms. The zero-order chi connectivity index (χ0) is 11.5. The summed E-state index contributed by atoms with van der Waals surface area (Å²) >= 11 is 0. The number of hydrogen-bond donors (Lipinski definition) is 3. The van der Waals surface area contributed by atoms with Crippen LogP contribution in [0.2, 0.25) is 0 Å². The first-order valence-electron chi connectivity index (χ1n) is 5.54. The Labute approximate surface area is 93.1 Å². The first kappa shape index (κ1) is 11.1. The maximum Gasteiger partial charge on any atom is 0.249 e. The van der Waals surface area contributed by atoms with Gasteiger partial charge in [-0.2, -0.15) is 0 Å². The van der Waals surface area contributed by atoms with Crippen LogP contribution in [-0.4, -0.2) is 36.3 Å². The minimum absolute atomic E-state index is 0.133. The molecule has 2 saturated heterocycles. The average Bonchev–Trinajstić information content (AvgIpc) is 2.87. The van der Waals surface area contributed by atoms with Crippen LogP contribution in [0.1, 0.15) is 25.7 Å². The first-order chi connectivity index (χ1) is 7.66. The molecule has 3 N–H and O–H groups in total. The normalized spacial score (nSPS) is 28.9. The molecule has 2 aliphatic rings. The number of amides is 3. The van der Waals surface area contributed by atoms with Crippen molar-refractivity contribution in [1.29, 1.82) is 0 Å². The topological polar surface area (TPSA) is 87.3 Å². The van der Waals surface area contributed by atoms with E-state index in [-0.39, 0.29) is 17.9 Å². The van der Waals surface area contributed by atoms with E-state index < -0.39 is 11.9 Å². The molecule has 0 radical (unpaired) electrons. The fourth-order valence-corrected chi connectivity index (χ4v) is 2.01. The highest BCUT2D eigenvalue weighted by molar-refractivity contribution is 6.02. The van der Waals surface area contributed by atoms with E-state index >= 15 is 0 Å². The highest BCUT2D eigenvalue weighted by Gasteiger charge is 2.30. The Morgan fingerprint density at radius 3 is 2.50 bits per heavy atom. The Balaban J connectivity index is 1.82. The van der Waals surface area contributed by atoms with Crippen molar-refractivity contribution in [2.45, 2.75) is 37.8 Å². The molecule has 16 heavy (non-hydrogen) atoms. The minimum Gasteiger partial charge on any atom is -0.344 e. The van der Waals surface area contributed by atoms with Gasteiger partial charge in [0.2, 0.25) is 17.7 Å². The maximum atomic E-state index is 11.6. The van der Waals surface area contributed by atoms with Gasteiger partial charge in [0.15, 0.2) is 0 Å². The van der Waals surface area contributed by atoms with Crippen LogP contribution in [0.5, 0.6) is 0 Å². The van der Waals surface area contributed by atoms with Gasteiger partial charge in [-0.1, -0.05) is 0 Å². The van der Waals surface area contributed by atoms with Gasteiger partial charge in [-0.25, -0.2) is 0 Å². The zero-order valence-corrected chi connectivity index (χ0v) is 8.91. The third-order valence-corrected chi connectivity index (χ3v) is 2.93. The monoisotopic (exact) mass is 225 g/mol. The second-order valence-electron chi connectivity index (χ2n) is 4.16. The molecule has 0 aromatic carbocycles. The molecule has 2 atom stereocenters. The van der Waals surface area contributed by atoms with Crippen molar-refractivity contribution in [3.05, 3.63) is 0 Å². The lowest BCUT2D eigenvalue weighted by Gasteiger charge is -2.13. The molecular formula is C10H15N3O3. The predicted octanol–water partition coefficient (Wildman–Crippen LogP) is -1.34. The van der Waals surface area contributed by atoms with Crippen LogP contribution in [0.15, 0.2) is 0 Å². The molecule has 0 bridgehead atoms. The van der Waals surface area contributed by atoms with Gasteiger partial charge in [-0.15, -0.1) is 0 Å². The minimum atomic E-state index is -0.544. The smallest absolute Gasteiger partial charge is 0.249 e. The van der Waals surface area contributed by atoms with Crippen LogP contribution in [0, 0.1) is 0 Å². The molecule has 88 valence electrons. The van der Waals surface area contributed by atoms with Gasteiger partial charge in [0, 0.05) is 6.42 Å². The quantitative estimate of drug-likeness (QED) is 0.508. The summed E-state index contributed by atoms with van der Waals surface area (Å²) in [4.78, 5) is 34.1. The van der Waals surface area contributed by atoms with Gasteiger partial charge in [0.25, 0.3) is 0 Å². The van der Waals surface area contributed by atoms with Crippen molar-refractivity contribution in [3.63, 3.8) is 0 Å². The number of rotatable bonds is 2. The molecule has 2 rings (SSSR count). The van der Waals surface area contributed by atoms with Gasteiger partial charge in [0.1, 0.15) is 6.04 Å². The van der Waals surface area contributed by atoms with Crippen LogP contribution in [0.3, 0.4) is 0 Å². The molecule has 0 spiro atoms. The lowest BCUT2D eigenvalue weighted by molar-refractivity contribution is -0.133. The third kappa shape index (κ3) is 2.38. The summed E-state index contributed by atoms with van der Waals surface area (Å²) in [6, 6.07) is -0.807. The number of nitrogens with one attached hydrogen (secondary N) is 3. The van der Waals surface area contributed by atoms with Gasteiger partial charge < -0.3 is 10.6 Å². The summed E-state index contributed by atoms with van der Waals surface area (Å²) in [5.74, 6) is -0.820. The van der Waals surface area contributed by atoms with Crippen molar-refractivity contribution >= 4 is 17.7 Å².